The minimum absolute atomic E-state index is 0.0150. The molecule has 3 aromatic carbocycles. The number of ketones is 1. The Bertz CT molecular complexity index is 1850. The first-order valence-corrected chi connectivity index (χ1v) is 17.8. The maximum atomic E-state index is 14.3. The minimum atomic E-state index is -0.861. The number of amides is 3. The number of aliphatic hydroxyl groups is 1. The molecule has 2 N–H and O–H groups in total. The first-order chi connectivity index (χ1) is 23.8. The van der Waals surface area contributed by atoms with Crippen molar-refractivity contribution in [3.05, 3.63) is 72.3 Å². The highest BCUT2D eigenvalue weighted by molar-refractivity contribution is 6.02. The Morgan fingerprint density at radius 2 is 1.67 bits per heavy atom. The van der Waals surface area contributed by atoms with Gasteiger partial charge in [0.25, 0.3) is 0 Å². The molecule has 0 aromatic heterocycles. The number of likely N-dealkylation sites (tertiary alicyclic amines) is 1. The predicted octanol–water partition coefficient (Wildman–Crippen LogP) is 2.51. The van der Waals surface area contributed by atoms with Gasteiger partial charge in [-0.05, 0) is 58.6 Å². The number of hydrogen-bond donors (Lipinski definition) is 2. The zero-order valence-corrected chi connectivity index (χ0v) is 27.6. The van der Waals surface area contributed by atoms with Crippen molar-refractivity contribution in [1.82, 2.24) is 15.1 Å². The molecule has 2 saturated heterocycles. The smallest absolute Gasteiger partial charge is 0.245 e. The number of para-hydroxylation sites is 2. The number of fused-ring (bicyclic) bond motifs is 4. The molecule has 4 saturated carbocycles. The van der Waals surface area contributed by atoms with E-state index in [0.717, 1.165) is 34.2 Å². The van der Waals surface area contributed by atoms with Crippen LogP contribution in [0.2, 0.25) is 0 Å². The average molecular weight is 663 g/mol. The fourth-order valence-electron chi connectivity index (χ4n) is 10.1. The van der Waals surface area contributed by atoms with Crippen molar-refractivity contribution in [2.75, 3.05) is 44.7 Å². The van der Waals surface area contributed by atoms with Gasteiger partial charge >= 0.3 is 0 Å². The summed E-state index contributed by atoms with van der Waals surface area (Å²) in [7, 11) is 1.65. The molecule has 6 aliphatic rings. The molecule has 10 atom stereocenters. The van der Waals surface area contributed by atoms with Crippen LogP contribution >= 0.6 is 0 Å². The van der Waals surface area contributed by atoms with E-state index in [1.54, 1.807) is 12.0 Å². The molecule has 2 aliphatic heterocycles. The summed E-state index contributed by atoms with van der Waals surface area (Å²) >= 11 is 0. The summed E-state index contributed by atoms with van der Waals surface area (Å²) in [4.78, 5) is 60.4. The van der Waals surface area contributed by atoms with E-state index in [1.165, 1.54) is 0 Å². The van der Waals surface area contributed by atoms with Gasteiger partial charge in [-0.15, -0.1) is 0 Å². The van der Waals surface area contributed by atoms with E-state index >= 15 is 0 Å². The molecule has 3 aromatic rings. The number of hydrogen-bond acceptors (Lipinski definition) is 7. The zero-order valence-electron chi connectivity index (χ0n) is 27.6. The molecular weight excluding hydrogens is 620 g/mol. The molecule has 0 radical (unpaired) electrons. The van der Waals surface area contributed by atoms with Gasteiger partial charge in [-0.25, -0.2) is 0 Å². The number of nitrogens with zero attached hydrogens (tertiary/aromatic N) is 3. The van der Waals surface area contributed by atoms with Gasteiger partial charge in [0.15, 0.2) is 0 Å². The lowest BCUT2D eigenvalue weighted by atomic mass is 9.69. The molecule has 49 heavy (non-hydrogen) atoms. The monoisotopic (exact) mass is 662 g/mol. The van der Waals surface area contributed by atoms with Crippen LogP contribution in [0.15, 0.2) is 66.7 Å². The molecule has 0 spiro atoms. The van der Waals surface area contributed by atoms with Crippen molar-refractivity contribution in [2.45, 2.75) is 37.5 Å². The van der Waals surface area contributed by atoms with Crippen molar-refractivity contribution in [3.8, 4) is 5.75 Å². The van der Waals surface area contributed by atoms with Gasteiger partial charge in [-0.3, -0.25) is 19.2 Å². The normalized spacial score (nSPS) is 32.9. The number of Topliss-reactive ketones (excluding diaryl/α,β-unsaturated/α-hetero) is 1. The molecule has 0 bridgehead atoms. The standard InChI is InChI=1S/C39H42N4O6/c1-49-30-9-5-4-8-28(30)41-12-14-42(15-13-41)38(47)27(17-21-10-11-22-6-2-3-7-23(22)16-21)40-37(46)29-18-24(44)20-43(29)39(48)35-32-25-19-26-33(36(26)45)34(35)31(25)32/h2-11,16,24-27,29,31-35,44H,12-15,17-20H2,1H3,(H,40,46)/t24-,25?,26?,27+,29+,31?,32?,33?,34?,35?/m1/s1. The highest BCUT2D eigenvalue weighted by atomic mass is 16.5. The Kier molecular flexibility index (Phi) is 7.23. The van der Waals surface area contributed by atoms with Crippen LogP contribution in [0.5, 0.6) is 5.75 Å². The summed E-state index contributed by atoms with van der Waals surface area (Å²) in [5, 5.41) is 15.9. The van der Waals surface area contributed by atoms with E-state index in [-0.39, 0.29) is 48.5 Å². The fraction of sp³-hybridized carbons (Fsp3) is 0.487. The van der Waals surface area contributed by atoms with Crippen LogP contribution in [-0.4, -0.2) is 96.4 Å². The summed E-state index contributed by atoms with van der Waals surface area (Å²) in [6, 6.07) is 20.3. The van der Waals surface area contributed by atoms with Crippen LogP contribution in [-0.2, 0) is 25.6 Å². The first-order valence-electron chi connectivity index (χ1n) is 17.8. The Labute approximate surface area is 285 Å². The van der Waals surface area contributed by atoms with Crippen molar-refractivity contribution < 1.29 is 29.0 Å². The third kappa shape index (κ3) is 5.01. The highest BCUT2D eigenvalue weighted by Gasteiger charge is 2.81. The number of ether oxygens (including phenoxy) is 1. The number of piperazine rings is 1. The summed E-state index contributed by atoms with van der Waals surface area (Å²) < 4.78 is 5.57. The summed E-state index contributed by atoms with van der Waals surface area (Å²) in [5.74, 6) is 1.70. The van der Waals surface area contributed by atoms with Gasteiger partial charge in [0.2, 0.25) is 17.7 Å². The SMILES string of the molecule is COc1ccccc1N1CCN(C(=O)[C@H](Cc2ccc3ccccc3c2)NC(=O)[C@@H]2C[C@@H](O)CN2C(=O)C2C3C4CC5C(=O)C5C2C43)CC1. The Morgan fingerprint density at radius 1 is 0.918 bits per heavy atom. The molecule has 10 nitrogen and oxygen atoms in total. The number of rotatable bonds is 8. The van der Waals surface area contributed by atoms with Crippen LogP contribution in [0.4, 0.5) is 5.69 Å². The lowest BCUT2D eigenvalue weighted by Crippen LogP contribution is -2.58. The Morgan fingerprint density at radius 3 is 2.47 bits per heavy atom. The van der Waals surface area contributed by atoms with E-state index < -0.39 is 24.1 Å². The molecule has 4 aliphatic carbocycles. The number of aliphatic hydroxyl groups excluding tert-OH is 1. The van der Waals surface area contributed by atoms with Crippen LogP contribution < -0.4 is 15.0 Å². The first kappa shape index (κ1) is 30.6. The number of anilines is 1. The van der Waals surface area contributed by atoms with Crippen LogP contribution in [0.25, 0.3) is 10.8 Å². The maximum Gasteiger partial charge on any atom is 0.245 e. The van der Waals surface area contributed by atoms with Gasteiger partial charge in [0.1, 0.15) is 23.6 Å². The topological polar surface area (TPSA) is 119 Å². The summed E-state index contributed by atoms with van der Waals surface area (Å²) in [5.41, 5.74) is 1.91. The number of nitrogens with one attached hydrogen (secondary N) is 1. The quantitative estimate of drug-likeness (QED) is 0.381. The van der Waals surface area contributed by atoms with Crippen LogP contribution in [0.3, 0.4) is 0 Å². The minimum Gasteiger partial charge on any atom is -0.495 e. The van der Waals surface area contributed by atoms with E-state index in [2.05, 4.69) is 16.3 Å². The van der Waals surface area contributed by atoms with Crippen molar-refractivity contribution in [1.29, 1.82) is 0 Å². The average Bonchev–Trinajstić information content (AvgIpc) is 3.92. The molecule has 3 amide bonds. The number of carbonyl (C=O) groups is 4. The second-order valence-corrected chi connectivity index (χ2v) is 15.0. The van der Waals surface area contributed by atoms with E-state index in [4.69, 9.17) is 4.74 Å². The van der Waals surface area contributed by atoms with E-state index in [1.807, 2.05) is 65.6 Å². The molecular formula is C39H42N4O6. The maximum absolute atomic E-state index is 14.3. The number of β-amino-alcohol motifs (C(OH)–C–C–N with tert-alkyl or cyclic N) is 1. The van der Waals surface area contributed by atoms with Gasteiger partial charge in [-0.1, -0.05) is 54.6 Å². The van der Waals surface area contributed by atoms with E-state index in [9.17, 15) is 24.3 Å². The fourth-order valence-corrected chi connectivity index (χ4v) is 10.1. The van der Waals surface area contributed by atoms with Crippen LogP contribution in [0.1, 0.15) is 18.4 Å². The number of benzene rings is 3. The highest BCUT2D eigenvalue weighted by Crippen LogP contribution is 2.79. The number of carbonyl (C=O) groups excluding carboxylic acids is 4. The van der Waals surface area contributed by atoms with Gasteiger partial charge in [0.05, 0.1) is 18.9 Å². The van der Waals surface area contributed by atoms with Crippen molar-refractivity contribution in [3.63, 3.8) is 0 Å². The number of methoxy groups -OCH3 is 1. The molecule has 254 valence electrons. The van der Waals surface area contributed by atoms with Gasteiger partial charge < -0.3 is 29.9 Å². The van der Waals surface area contributed by atoms with Gasteiger partial charge in [0, 0.05) is 63.3 Å². The van der Waals surface area contributed by atoms with E-state index in [0.29, 0.717) is 56.1 Å². The largest absolute Gasteiger partial charge is 0.495 e. The molecule has 10 heteroatoms. The molecule has 2 heterocycles. The Balaban J connectivity index is 0.934. The van der Waals surface area contributed by atoms with Crippen LogP contribution in [0, 0.1) is 41.4 Å². The third-order valence-electron chi connectivity index (χ3n) is 12.6. The Hall–Kier alpha value is -4.44. The second-order valence-electron chi connectivity index (χ2n) is 15.0. The molecule has 7 unspecified atom stereocenters. The lowest BCUT2D eigenvalue weighted by molar-refractivity contribution is -0.148. The molecule has 9 rings (SSSR count). The van der Waals surface area contributed by atoms with Crippen molar-refractivity contribution in [2.24, 2.45) is 41.4 Å². The third-order valence-corrected chi connectivity index (χ3v) is 12.6. The summed E-state index contributed by atoms with van der Waals surface area (Å²) in [6.07, 6.45) is 0.526. The molecule has 6 fully saturated rings. The van der Waals surface area contributed by atoms with Crippen molar-refractivity contribution >= 4 is 40.0 Å². The second kappa shape index (κ2) is 11.6. The predicted molar refractivity (Wildman–Crippen MR) is 182 cm³/mol. The van der Waals surface area contributed by atoms with Gasteiger partial charge in [-0.2, -0.15) is 0 Å². The summed E-state index contributed by atoms with van der Waals surface area (Å²) in [6.45, 7) is 2.31. The zero-order chi connectivity index (χ0) is 33.6. The lowest BCUT2D eigenvalue weighted by Gasteiger charge is -2.39.